The van der Waals surface area contributed by atoms with E-state index in [9.17, 15) is 58.1 Å². The Labute approximate surface area is 524 Å². The number of likely N-dealkylation sites (N-methyl/N-ethyl adjacent to an activating group) is 1. The van der Waals surface area contributed by atoms with Gasteiger partial charge in [0, 0.05) is 57.8 Å². The molecule has 10 N–H and O–H groups in total. The van der Waals surface area contributed by atoms with Crippen molar-refractivity contribution in [3.63, 3.8) is 0 Å². The Morgan fingerprint density at radius 3 is 1.99 bits per heavy atom. The Morgan fingerprint density at radius 2 is 1.31 bits per heavy atom. The molecule has 90 heavy (non-hydrogen) atoms. The minimum Gasteiger partial charge on any atom is -0.508 e. The van der Waals surface area contributed by atoms with Gasteiger partial charge in [0.15, 0.2) is 0 Å². The van der Waals surface area contributed by atoms with E-state index in [2.05, 4.69) is 42.2 Å². The molecule has 6 rings (SSSR count). The first-order valence-electron chi connectivity index (χ1n) is 30.9. The van der Waals surface area contributed by atoms with Gasteiger partial charge in [-0.15, -0.1) is 0 Å². The average molecular weight is 1240 g/mol. The van der Waals surface area contributed by atoms with Crippen molar-refractivity contribution in [3.05, 3.63) is 144 Å². The number of aliphatic carboxylic acids is 1. The molecule has 5 aromatic rings. The smallest absolute Gasteiger partial charge is 0.326 e. The molecule has 484 valence electrons. The molecule has 7 atom stereocenters. The highest BCUT2D eigenvalue weighted by Gasteiger charge is 2.40. The van der Waals surface area contributed by atoms with Gasteiger partial charge in [0.1, 0.15) is 53.9 Å². The molecule has 1 fully saturated rings. The lowest BCUT2D eigenvalue weighted by Gasteiger charge is -2.32. The predicted octanol–water partition coefficient (Wildman–Crippen LogP) is 4.63. The van der Waals surface area contributed by atoms with E-state index in [0.717, 1.165) is 15.7 Å². The summed E-state index contributed by atoms with van der Waals surface area (Å²) in [6.07, 6.45) is 5.46. The Bertz CT molecular complexity index is 3200. The highest BCUT2D eigenvalue weighted by molar-refractivity contribution is 5.98. The first-order chi connectivity index (χ1) is 43.1. The van der Waals surface area contributed by atoms with Gasteiger partial charge < -0.3 is 62.3 Å². The topological polar surface area (TPSA) is 318 Å². The molecule has 1 aliphatic rings. The van der Waals surface area contributed by atoms with E-state index < -0.39 is 102 Å². The van der Waals surface area contributed by atoms with Crippen LogP contribution in [-0.4, -0.2) is 165 Å². The number of aryl methyl sites for hydroxylation is 1. The third kappa shape index (κ3) is 21.7. The Balaban J connectivity index is 1.26. The van der Waals surface area contributed by atoms with Gasteiger partial charge in [0.05, 0.1) is 12.2 Å². The van der Waals surface area contributed by atoms with Crippen LogP contribution in [0.3, 0.4) is 0 Å². The second-order valence-corrected chi connectivity index (χ2v) is 23.6. The number of rotatable bonds is 35. The Morgan fingerprint density at radius 1 is 0.678 bits per heavy atom. The first-order valence-corrected chi connectivity index (χ1v) is 30.9. The second-order valence-electron chi connectivity index (χ2n) is 23.6. The zero-order valence-electron chi connectivity index (χ0n) is 51.9. The molecule has 0 aliphatic carbocycles. The van der Waals surface area contributed by atoms with Gasteiger partial charge in [0.2, 0.25) is 41.4 Å². The van der Waals surface area contributed by atoms with Crippen molar-refractivity contribution in [2.45, 2.75) is 160 Å². The average Bonchev–Trinajstić information content (AvgIpc) is 1.76. The summed E-state index contributed by atoms with van der Waals surface area (Å²) in [7, 11) is 1.29. The molecule has 22 nitrogen and oxygen atoms in total. The number of carbonyl (C=O) groups is 9. The molecule has 23 heteroatoms. The monoisotopic (exact) mass is 1240 g/mol. The predicted molar refractivity (Wildman–Crippen MR) is 337 cm³/mol. The number of carboxylic acid groups (broad SMARTS) is 1. The van der Waals surface area contributed by atoms with Crippen LogP contribution >= 0.6 is 0 Å². The first kappa shape index (κ1) is 70.3. The van der Waals surface area contributed by atoms with Crippen molar-refractivity contribution in [1.29, 1.82) is 0 Å². The van der Waals surface area contributed by atoms with Crippen LogP contribution in [0.2, 0.25) is 0 Å². The van der Waals surface area contributed by atoms with E-state index in [1.807, 2.05) is 64.1 Å². The summed E-state index contributed by atoms with van der Waals surface area (Å²) in [5.41, 5.74) is 2.16. The van der Waals surface area contributed by atoms with Crippen LogP contribution in [0.4, 0.5) is 4.39 Å². The number of carboxylic acids is 1. The molecule has 0 saturated carbocycles. The van der Waals surface area contributed by atoms with Crippen LogP contribution in [0.1, 0.15) is 119 Å². The van der Waals surface area contributed by atoms with E-state index >= 15 is 4.79 Å². The number of halogens is 1. The van der Waals surface area contributed by atoms with Crippen molar-refractivity contribution < 1.29 is 62.9 Å². The molecular formula is C67H87FN10O12. The number of amides is 8. The largest absolute Gasteiger partial charge is 0.508 e. The number of nitrogens with one attached hydrogen (secondary N) is 7. The Kier molecular flexibility index (Phi) is 27.6. The molecule has 1 aliphatic heterocycles. The normalized spacial score (nSPS) is 15.0. The van der Waals surface area contributed by atoms with E-state index in [1.165, 1.54) is 60.7 Å². The fourth-order valence-corrected chi connectivity index (χ4v) is 10.9. The van der Waals surface area contributed by atoms with E-state index in [-0.39, 0.29) is 94.5 Å². The molecule has 0 unspecified atom stereocenters. The maximum atomic E-state index is 15.1. The summed E-state index contributed by atoms with van der Waals surface area (Å²) in [5, 5.41) is 52.8. The van der Waals surface area contributed by atoms with Crippen molar-refractivity contribution in [1.82, 2.24) is 52.0 Å². The number of hydrogen-bond acceptors (Lipinski definition) is 13. The van der Waals surface area contributed by atoms with Gasteiger partial charge in [-0.05, 0) is 141 Å². The van der Waals surface area contributed by atoms with Crippen LogP contribution in [0.15, 0.2) is 116 Å². The van der Waals surface area contributed by atoms with E-state index in [0.29, 0.717) is 54.5 Å². The zero-order chi connectivity index (χ0) is 65.3. The van der Waals surface area contributed by atoms with Crippen LogP contribution in [0, 0.1) is 11.7 Å². The SMILES string of the molecule is CC(C)C[C@H](NC(=O)[C@@H](CCCCNC(=O)c1cccnc1)NC(=O)[C@H](Cc1ccc(O)cc1)N(C)C(=O)[C@H](CO)NC(=O)[C@@H](Cc1cccc2ccccc12)NC(=O)CCc1ccc(F)cc1)C(=O)N[C@@H](CCCCNC(C)C)C(=O)N1CCC[C@H]1C(=O)O. The minimum absolute atomic E-state index is 0.0371. The number of pyridine rings is 1. The summed E-state index contributed by atoms with van der Waals surface area (Å²) >= 11 is 0. The number of aliphatic hydroxyl groups excluding tert-OH is 1. The lowest BCUT2D eigenvalue weighted by atomic mass is 9.97. The molecular weight excluding hydrogens is 1160 g/mol. The maximum Gasteiger partial charge on any atom is 0.326 e. The number of carbonyl (C=O) groups excluding carboxylic acids is 8. The van der Waals surface area contributed by atoms with Crippen LogP contribution in [0.25, 0.3) is 10.8 Å². The number of aromatic nitrogens is 1. The van der Waals surface area contributed by atoms with E-state index in [1.54, 1.807) is 30.3 Å². The van der Waals surface area contributed by atoms with Gasteiger partial charge in [-0.3, -0.25) is 43.3 Å². The molecule has 4 aromatic carbocycles. The van der Waals surface area contributed by atoms with Gasteiger partial charge in [-0.25, -0.2) is 9.18 Å². The Hall–Kier alpha value is -8.83. The van der Waals surface area contributed by atoms with Gasteiger partial charge in [-0.1, -0.05) is 94.4 Å². The zero-order valence-corrected chi connectivity index (χ0v) is 51.9. The molecule has 8 amide bonds. The van der Waals surface area contributed by atoms with Gasteiger partial charge in [-0.2, -0.15) is 0 Å². The third-order valence-electron chi connectivity index (χ3n) is 15.8. The number of likely N-dealkylation sites (tertiary alicyclic amines) is 1. The number of nitrogens with zero attached hydrogens (tertiary/aromatic N) is 3. The van der Waals surface area contributed by atoms with Crippen molar-refractivity contribution in [3.8, 4) is 5.75 Å². The molecule has 0 radical (unpaired) electrons. The second kappa shape index (κ2) is 35.4. The molecule has 0 spiro atoms. The van der Waals surface area contributed by atoms with Crippen LogP contribution < -0.4 is 37.2 Å². The molecule has 2 heterocycles. The molecule has 1 aromatic heterocycles. The van der Waals surface area contributed by atoms with Gasteiger partial charge >= 0.3 is 5.97 Å². The number of unbranched alkanes of at least 4 members (excludes halogenated alkanes) is 2. The number of benzene rings is 4. The van der Waals surface area contributed by atoms with Crippen molar-refractivity contribution >= 4 is 64.0 Å². The summed E-state index contributed by atoms with van der Waals surface area (Å²) in [5.74, 6) is -7.47. The minimum atomic E-state index is -1.69. The van der Waals surface area contributed by atoms with Crippen LogP contribution in [0.5, 0.6) is 5.75 Å². The van der Waals surface area contributed by atoms with Crippen molar-refractivity contribution in [2.24, 2.45) is 5.92 Å². The fraction of sp³-hybridized carbons (Fsp3) is 0.463. The number of aromatic hydroxyl groups is 1. The summed E-state index contributed by atoms with van der Waals surface area (Å²) in [4.78, 5) is 133. The summed E-state index contributed by atoms with van der Waals surface area (Å²) in [6.45, 7) is 7.70. The van der Waals surface area contributed by atoms with E-state index in [4.69, 9.17) is 0 Å². The summed E-state index contributed by atoms with van der Waals surface area (Å²) in [6, 6.07) is 18.6. The third-order valence-corrected chi connectivity index (χ3v) is 15.8. The molecule has 0 bridgehead atoms. The summed E-state index contributed by atoms with van der Waals surface area (Å²) < 4.78 is 13.7. The number of hydrogen-bond donors (Lipinski definition) is 10. The maximum absolute atomic E-state index is 15.1. The van der Waals surface area contributed by atoms with Crippen molar-refractivity contribution in [2.75, 3.05) is 33.3 Å². The number of fused-ring (bicyclic) bond motifs is 1. The molecule has 1 saturated heterocycles. The lowest BCUT2D eigenvalue weighted by Crippen LogP contribution is -2.61. The van der Waals surface area contributed by atoms with Gasteiger partial charge in [0.25, 0.3) is 5.91 Å². The number of aliphatic hydroxyl groups is 1. The van der Waals surface area contributed by atoms with Crippen LogP contribution in [-0.2, 0) is 57.6 Å². The number of phenols is 1. The number of phenolic OH excluding ortho intramolecular Hbond substituents is 1. The standard InChI is InChI=1S/C67H87FN10O12/c1-42(2)37-54(62(84)74-53(21-9-10-34-70-43(3)4)66(88)78-36-14-22-57(78)67(89)90)75-61(83)52(20-8-11-35-71-60(82)48-18-13-33-69-40-48)73-64(86)58(38-45-25-30-50(80)31-26-45)77(5)65(87)56(41-79)76-63(85)55(39-47-17-12-16-46-15-6-7-19-51(46)47)72-59(81)32-27-44-23-28-49(68)29-24-44/h6-7,12-13,15-19,23-26,28-31,33,40,42-43,52-58,70,79-80H,8-11,14,20-22,27,32,34-39,41H2,1-5H3,(H,71,82)(H,72,81)(H,73,86)(H,74,84)(H,75,83)(H,76,85)(H,89,90)/t52-,53+,54+,55-,56+,57+,58+/m1/s1. The lowest BCUT2D eigenvalue weighted by molar-refractivity contribution is -0.149. The fourth-order valence-electron chi connectivity index (χ4n) is 10.9. The quantitative estimate of drug-likeness (QED) is 0.0248. The highest BCUT2D eigenvalue weighted by atomic mass is 19.1. The highest BCUT2D eigenvalue weighted by Crippen LogP contribution is 2.23.